The predicted molar refractivity (Wildman–Crippen MR) is 123 cm³/mol. The Kier molecular flexibility index (Phi) is 7.39. The quantitative estimate of drug-likeness (QED) is 0.350. The average molecular weight is 464 g/mol. The molecule has 0 aliphatic heterocycles. The van der Waals surface area contributed by atoms with Gasteiger partial charge in [-0.15, -0.1) is 11.3 Å². The van der Waals surface area contributed by atoms with E-state index in [0.29, 0.717) is 31.2 Å². The molecule has 2 aromatic carbocycles. The van der Waals surface area contributed by atoms with Crippen molar-refractivity contribution in [2.75, 3.05) is 0 Å². The Morgan fingerprint density at radius 2 is 1.79 bits per heavy atom. The largest absolute Gasteiger partial charge is 0.489 e. The zero-order valence-electron chi connectivity index (χ0n) is 17.7. The van der Waals surface area contributed by atoms with Crippen molar-refractivity contribution in [3.63, 3.8) is 0 Å². The number of nitrogens with zero attached hydrogens (tertiary/aromatic N) is 3. The number of halogens is 1. The van der Waals surface area contributed by atoms with Crippen LogP contribution in [0.3, 0.4) is 0 Å². The maximum atomic E-state index is 13.7. The summed E-state index contributed by atoms with van der Waals surface area (Å²) in [5.74, 6) is -0.577. The van der Waals surface area contributed by atoms with E-state index in [1.807, 2.05) is 42.5 Å². The van der Waals surface area contributed by atoms with Crippen LogP contribution in [0.5, 0.6) is 5.75 Å². The fourth-order valence-corrected chi connectivity index (χ4v) is 4.14. The molecule has 0 radical (unpaired) electrons. The van der Waals surface area contributed by atoms with Gasteiger partial charge < -0.3 is 9.84 Å². The van der Waals surface area contributed by atoms with E-state index in [4.69, 9.17) is 9.84 Å². The summed E-state index contributed by atoms with van der Waals surface area (Å²) in [6.07, 6.45) is 3.50. The fourth-order valence-electron chi connectivity index (χ4n) is 3.33. The summed E-state index contributed by atoms with van der Waals surface area (Å²) in [5, 5.41) is 11.4. The minimum absolute atomic E-state index is 0.0378. The van der Waals surface area contributed by atoms with Gasteiger partial charge in [-0.25, -0.2) is 14.2 Å². The smallest absolute Gasteiger partial charge is 0.355 e. The summed E-state index contributed by atoms with van der Waals surface area (Å²) in [5.41, 5.74) is 2.92. The topological polar surface area (TPSA) is 75.5 Å². The van der Waals surface area contributed by atoms with E-state index in [0.717, 1.165) is 22.4 Å². The number of thiazole rings is 1. The second kappa shape index (κ2) is 10.8. The van der Waals surface area contributed by atoms with Gasteiger partial charge in [0.05, 0.1) is 6.54 Å². The van der Waals surface area contributed by atoms with Gasteiger partial charge in [0.25, 0.3) is 0 Å². The molecule has 0 saturated carbocycles. The van der Waals surface area contributed by atoms with Gasteiger partial charge in [-0.1, -0.05) is 30.3 Å². The molecule has 33 heavy (non-hydrogen) atoms. The highest BCUT2D eigenvalue weighted by Gasteiger charge is 2.14. The van der Waals surface area contributed by atoms with E-state index in [9.17, 15) is 9.18 Å². The fraction of sp³-hybridized carbons (Fsp3) is 0.160. The third-order valence-electron chi connectivity index (χ3n) is 4.88. The molecule has 4 rings (SSSR count). The Labute approximate surface area is 195 Å². The van der Waals surface area contributed by atoms with E-state index in [-0.39, 0.29) is 11.5 Å². The van der Waals surface area contributed by atoms with Crippen molar-refractivity contribution in [3.05, 3.63) is 112 Å². The summed E-state index contributed by atoms with van der Waals surface area (Å²) < 4.78 is 19.5. The van der Waals surface area contributed by atoms with Gasteiger partial charge in [-0.05, 0) is 41.5 Å². The first-order valence-electron chi connectivity index (χ1n) is 10.3. The van der Waals surface area contributed by atoms with Crippen LogP contribution in [0.2, 0.25) is 0 Å². The predicted octanol–water partition coefficient (Wildman–Crippen LogP) is 5.16. The number of carboxylic acid groups (broad SMARTS) is 1. The van der Waals surface area contributed by atoms with Crippen LogP contribution in [-0.4, -0.2) is 25.9 Å². The van der Waals surface area contributed by atoms with E-state index < -0.39 is 5.97 Å². The molecule has 0 aliphatic rings. The third-order valence-corrected chi connectivity index (χ3v) is 5.72. The van der Waals surface area contributed by atoms with Crippen molar-refractivity contribution in [3.8, 4) is 5.75 Å². The highest BCUT2D eigenvalue weighted by molar-refractivity contribution is 7.09. The lowest BCUT2D eigenvalue weighted by molar-refractivity contribution is 0.0691. The van der Waals surface area contributed by atoms with Gasteiger partial charge in [0.15, 0.2) is 5.69 Å². The number of benzene rings is 2. The van der Waals surface area contributed by atoms with Gasteiger partial charge in [0.2, 0.25) is 0 Å². The summed E-state index contributed by atoms with van der Waals surface area (Å²) in [7, 11) is 0. The molecule has 0 unspecified atom stereocenters. The van der Waals surface area contributed by atoms with E-state index in [1.165, 1.54) is 28.8 Å². The molecule has 0 atom stereocenters. The Bertz CT molecular complexity index is 1200. The van der Waals surface area contributed by atoms with Crippen LogP contribution < -0.4 is 4.74 Å². The summed E-state index contributed by atoms with van der Waals surface area (Å²) in [6.45, 7) is 1.98. The molecule has 0 saturated heterocycles. The molecule has 0 bridgehead atoms. The molecule has 4 aromatic rings. The number of aromatic nitrogens is 2. The monoisotopic (exact) mass is 463 g/mol. The summed E-state index contributed by atoms with van der Waals surface area (Å²) in [4.78, 5) is 21.5. The van der Waals surface area contributed by atoms with E-state index >= 15 is 0 Å². The van der Waals surface area contributed by atoms with Gasteiger partial charge in [0, 0.05) is 36.4 Å². The highest BCUT2D eigenvalue weighted by Crippen LogP contribution is 2.20. The summed E-state index contributed by atoms with van der Waals surface area (Å²) in [6, 6.07) is 18.1. The van der Waals surface area contributed by atoms with Gasteiger partial charge in [-0.2, -0.15) is 0 Å². The number of ether oxygens (including phenoxy) is 1. The van der Waals surface area contributed by atoms with Crippen LogP contribution in [0.1, 0.15) is 32.2 Å². The molecule has 0 fully saturated rings. The maximum Gasteiger partial charge on any atom is 0.355 e. The SMILES string of the molecule is O=C(O)c1csc(CN(Cc2ccc(OCc3cccnc3)cc2)Cc2cccc(F)c2)n1. The number of rotatable bonds is 10. The van der Waals surface area contributed by atoms with Gasteiger partial charge >= 0.3 is 5.97 Å². The van der Waals surface area contributed by atoms with E-state index in [2.05, 4.69) is 14.9 Å². The van der Waals surface area contributed by atoms with Crippen molar-refractivity contribution in [2.24, 2.45) is 0 Å². The molecule has 1 N–H and O–H groups in total. The van der Waals surface area contributed by atoms with Gasteiger partial charge in [-0.3, -0.25) is 9.88 Å². The van der Waals surface area contributed by atoms with Crippen LogP contribution >= 0.6 is 11.3 Å². The van der Waals surface area contributed by atoms with Crippen LogP contribution in [0, 0.1) is 5.82 Å². The number of carboxylic acids is 1. The Balaban J connectivity index is 1.44. The Hall–Kier alpha value is -3.62. The number of pyridine rings is 1. The number of aromatic carboxylic acids is 1. The van der Waals surface area contributed by atoms with Crippen molar-refractivity contribution in [1.82, 2.24) is 14.9 Å². The maximum absolute atomic E-state index is 13.7. The molecule has 0 aliphatic carbocycles. The van der Waals surface area contributed by atoms with Crippen molar-refractivity contribution in [1.29, 1.82) is 0 Å². The zero-order valence-corrected chi connectivity index (χ0v) is 18.5. The lowest BCUT2D eigenvalue weighted by Gasteiger charge is -2.22. The second-order valence-electron chi connectivity index (χ2n) is 7.50. The molecule has 0 amide bonds. The molecular weight excluding hydrogens is 441 g/mol. The molecule has 8 heteroatoms. The highest BCUT2D eigenvalue weighted by atomic mass is 32.1. The molecule has 0 spiro atoms. The zero-order chi connectivity index (χ0) is 23.0. The van der Waals surface area contributed by atoms with Crippen LogP contribution in [0.15, 0.2) is 78.4 Å². The molecule has 2 heterocycles. The van der Waals surface area contributed by atoms with Gasteiger partial charge in [0.1, 0.15) is 23.2 Å². The van der Waals surface area contributed by atoms with Crippen LogP contribution in [0.25, 0.3) is 0 Å². The van der Waals surface area contributed by atoms with Crippen LogP contribution in [-0.2, 0) is 26.2 Å². The van der Waals surface area contributed by atoms with E-state index in [1.54, 1.807) is 18.5 Å². The summed E-state index contributed by atoms with van der Waals surface area (Å²) >= 11 is 1.30. The molecule has 168 valence electrons. The minimum Gasteiger partial charge on any atom is -0.489 e. The molecular formula is C25H22FN3O3S. The molecule has 6 nitrogen and oxygen atoms in total. The van der Waals surface area contributed by atoms with Crippen LogP contribution in [0.4, 0.5) is 4.39 Å². The Morgan fingerprint density at radius 1 is 1.00 bits per heavy atom. The standard InChI is InChI=1S/C25H22FN3O3S/c26-21-5-1-3-19(11-21)14-29(15-24-28-23(17-33-24)25(30)31)13-18-6-8-22(9-7-18)32-16-20-4-2-10-27-12-20/h1-12,17H,13-16H2,(H,30,31). The minimum atomic E-state index is -1.05. The van der Waals surface area contributed by atoms with Crippen molar-refractivity contribution < 1.29 is 19.0 Å². The molecule has 2 aromatic heterocycles. The third kappa shape index (κ3) is 6.68. The van der Waals surface area contributed by atoms with Crippen molar-refractivity contribution in [2.45, 2.75) is 26.2 Å². The lowest BCUT2D eigenvalue weighted by Crippen LogP contribution is -2.22. The first-order chi connectivity index (χ1) is 16.0. The number of hydrogen-bond acceptors (Lipinski definition) is 6. The normalized spacial score (nSPS) is 11.0. The number of hydrogen-bond donors (Lipinski definition) is 1. The number of carbonyl (C=O) groups is 1. The van der Waals surface area contributed by atoms with Crippen molar-refractivity contribution >= 4 is 17.3 Å². The lowest BCUT2D eigenvalue weighted by atomic mass is 10.1. The Morgan fingerprint density at radius 3 is 2.48 bits per heavy atom. The first kappa shape index (κ1) is 22.6. The average Bonchev–Trinajstić information content (AvgIpc) is 3.28. The first-order valence-corrected chi connectivity index (χ1v) is 11.2. The second-order valence-corrected chi connectivity index (χ2v) is 8.44.